The van der Waals surface area contributed by atoms with Crippen LogP contribution in [-0.2, 0) is 4.79 Å². The van der Waals surface area contributed by atoms with Crippen LogP contribution in [-0.4, -0.2) is 29.6 Å². The Morgan fingerprint density at radius 3 is 2.46 bits per heavy atom. The summed E-state index contributed by atoms with van der Waals surface area (Å²) in [5.74, 6) is -0.987. The van der Waals surface area contributed by atoms with E-state index in [0.717, 1.165) is 0 Å². The molecule has 0 heterocycles. The molecule has 1 atom stereocenters. The first-order chi connectivity index (χ1) is 5.54. The number of carbonyl (C=O) groups is 1. The normalized spacial score (nSPS) is 11.2. The van der Waals surface area contributed by atoms with Crippen LogP contribution in [0.15, 0.2) is 4.99 Å². The van der Waals surface area contributed by atoms with Gasteiger partial charge in [-0.3, -0.25) is 9.79 Å². The molecular formula is C6H15N4NaO2. The standard InChI is InChI=1S/C6H14N4O2.Na.H/c7-4(5(11)12)2-1-3-10-6(8)9;;/h4H,1-3,7H2,(H,11,12)(H4,8,9,10);;/q;+1;-1/t4-;;/m0../s1. The third-order valence-corrected chi connectivity index (χ3v) is 1.28. The monoisotopic (exact) mass is 198 g/mol. The van der Waals surface area contributed by atoms with Gasteiger partial charge in [0.2, 0.25) is 0 Å². The van der Waals surface area contributed by atoms with Gasteiger partial charge in [0.15, 0.2) is 5.96 Å². The van der Waals surface area contributed by atoms with Crippen LogP contribution in [0.3, 0.4) is 0 Å². The van der Waals surface area contributed by atoms with Crippen molar-refractivity contribution in [1.82, 2.24) is 0 Å². The Labute approximate surface area is 100 Å². The summed E-state index contributed by atoms with van der Waals surface area (Å²) < 4.78 is 0. The van der Waals surface area contributed by atoms with Crippen LogP contribution >= 0.6 is 0 Å². The van der Waals surface area contributed by atoms with E-state index in [1.165, 1.54) is 0 Å². The van der Waals surface area contributed by atoms with Crippen LogP contribution in [0.25, 0.3) is 0 Å². The van der Waals surface area contributed by atoms with Crippen LogP contribution in [0.4, 0.5) is 0 Å². The van der Waals surface area contributed by atoms with Gasteiger partial charge in [-0.1, -0.05) is 0 Å². The maximum atomic E-state index is 10.2. The molecule has 7 heteroatoms. The summed E-state index contributed by atoms with van der Waals surface area (Å²) in [5.41, 5.74) is 15.3. The molecule has 0 bridgehead atoms. The second-order valence-electron chi connectivity index (χ2n) is 2.39. The molecule has 6 nitrogen and oxygen atoms in total. The number of nitrogens with zero attached hydrogens (tertiary/aromatic N) is 1. The predicted octanol–water partition coefficient (Wildman–Crippen LogP) is -4.43. The Morgan fingerprint density at radius 1 is 1.54 bits per heavy atom. The zero-order valence-electron chi connectivity index (χ0n) is 8.73. The Morgan fingerprint density at radius 2 is 2.08 bits per heavy atom. The topological polar surface area (TPSA) is 128 Å². The van der Waals surface area contributed by atoms with Crippen molar-refractivity contribution in [2.24, 2.45) is 22.2 Å². The van der Waals surface area contributed by atoms with Crippen molar-refractivity contribution in [3.05, 3.63) is 0 Å². The number of carboxylic acids is 1. The van der Waals surface area contributed by atoms with E-state index in [1.54, 1.807) is 0 Å². The quantitative estimate of drug-likeness (QED) is 0.153. The van der Waals surface area contributed by atoms with Gasteiger partial charge < -0.3 is 23.7 Å². The average molecular weight is 198 g/mol. The molecule has 0 aromatic rings. The first-order valence-corrected chi connectivity index (χ1v) is 3.58. The van der Waals surface area contributed by atoms with E-state index in [-0.39, 0.29) is 36.9 Å². The zero-order valence-corrected chi connectivity index (χ0v) is 9.73. The van der Waals surface area contributed by atoms with Crippen LogP contribution in [0.5, 0.6) is 0 Å². The fraction of sp³-hybridized carbons (Fsp3) is 0.667. The maximum absolute atomic E-state index is 10.2. The van der Waals surface area contributed by atoms with Crippen LogP contribution in [0, 0.1) is 0 Å². The van der Waals surface area contributed by atoms with Crippen LogP contribution in [0.1, 0.15) is 14.3 Å². The SMILES string of the molecule is NC(N)=NCCC[C@H](N)C(=O)O.[H-].[Na+]. The molecule has 0 spiro atoms. The molecule has 72 valence electrons. The van der Waals surface area contributed by atoms with Crippen LogP contribution in [0.2, 0.25) is 0 Å². The molecule has 0 saturated carbocycles. The fourth-order valence-electron chi connectivity index (χ4n) is 0.643. The van der Waals surface area contributed by atoms with E-state index in [1.807, 2.05) is 0 Å². The van der Waals surface area contributed by atoms with Gasteiger partial charge in [-0.2, -0.15) is 0 Å². The smallest absolute Gasteiger partial charge is 1.00 e. The Bertz CT molecular complexity index is 187. The molecule has 0 saturated heterocycles. The van der Waals surface area contributed by atoms with Crippen molar-refractivity contribution in [3.8, 4) is 0 Å². The Hall–Kier alpha value is -0.300. The van der Waals surface area contributed by atoms with Gasteiger partial charge in [0, 0.05) is 6.54 Å². The van der Waals surface area contributed by atoms with Crippen molar-refractivity contribution in [1.29, 1.82) is 0 Å². The molecule has 0 aliphatic carbocycles. The largest absolute Gasteiger partial charge is 1.00 e. The number of rotatable bonds is 5. The first kappa shape index (κ1) is 15.2. The molecule has 0 aliphatic heterocycles. The number of nitrogens with two attached hydrogens (primary N) is 3. The Kier molecular flexibility index (Phi) is 9.70. The van der Waals surface area contributed by atoms with Crippen molar-refractivity contribution in [2.45, 2.75) is 18.9 Å². The van der Waals surface area contributed by atoms with E-state index in [9.17, 15) is 4.79 Å². The number of hydrogen-bond acceptors (Lipinski definition) is 3. The van der Waals surface area contributed by atoms with Gasteiger partial charge in [0.25, 0.3) is 0 Å². The van der Waals surface area contributed by atoms with E-state index in [2.05, 4.69) is 4.99 Å². The van der Waals surface area contributed by atoms with Crippen molar-refractivity contribution >= 4 is 11.9 Å². The molecule has 0 unspecified atom stereocenters. The van der Waals surface area contributed by atoms with Gasteiger partial charge in [-0.05, 0) is 12.8 Å². The summed E-state index contributed by atoms with van der Waals surface area (Å²) in [6.45, 7) is 0.420. The van der Waals surface area contributed by atoms with E-state index >= 15 is 0 Å². The summed E-state index contributed by atoms with van der Waals surface area (Å²) in [4.78, 5) is 13.9. The molecule has 0 radical (unpaired) electrons. The summed E-state index contributed by atoms with van der Waals surface area (Å²) in [6.07, 6.45) is 0.956. The predicted molar refractivity (Wildman–Crippen MR) is 46.6 cm³/mol. The maximum Gasteiger partial charge on any atom is 1.00 e. The molecule has 0 amide bonds. The third kappa shape index (κ3) is 9.62. The summed E-state index contributed by atoms with van der Waals surface area (Å²) in [7, 11) is 0. The molecule has 13 heavy (non-hydrogen) atoms. The van der Waals surface area contributed by atoms with Gasteiger partial charge in [-0.15, -0.1) is 0 Å². The van der Waals surface area contributed by atoms with Crippen molar-refractivity contribution in [3.63, 3.8) is 0 Å². The van der Waals surface area contributed by atoms with Gasteiger partial charge in [-0.25, -0.2) is 0 Å². The molecule has 0 rings (SSSR count). The second-order valence-corrected chi connectivity index (χ2v) is 2.39. The minimum atomic E-state index is -1.00. The summed E-state index contributed by atoms with van der Waals surface area (Å²) >= 11 is 0. The fourth-order valence-corrected chi connectivity index (χ4v) is 0.643. The Balaban J connectivity index is -0.000000605. The molecular weight excluding hydrogens is 183 g/mol. The summed E-state index contributed by atoms with van der Waals surface area (Å²) in [5, 5.41) is 8.38. The average Bonchev–Trinajstić information content (AvgIpc) is 1.97. The van der Waals surface area contributed by atoms with E-state index in [0.29, 0.717) is 19.4 Å². The van der Waals surface area contributed by atoms with Gasteiger partial charge >= 0.3 is 35.5 Å². The summed E-state index contributed by atoms with van der Waals surface area (Å²) in [6, 6.07) is -0.820. The molecule has 7 N–H and O–H groups in total. The van der Waals surface area contributed by atoms with Crippen molar-refractivity contribution < 1.29 is 40.9 Å². The van der Waals surface area contributed by atoms with Gasteiger partial charge in [0.1, 0.15) is 6.04 Å². The molecule has 0 aliphatic rings. The molecule has 0 aromatic carbocycles. The number of carboxylic acid groups (broad SMARTS) is 1. The minimum Gasteiger partial charge on any atom is -1.00 e. The number of aliphatic imine (C=N–C) groups is 1. The van der Waals surface area contributed by atoms with Gasteiger partial charge in [0.05, 0.1) is 0 Å². The number of guanidine groups is 1. The van der Waals surface area contributed by atoms with E-state index in [4.69, 9.17) is 22.3 Å². The first-order valence-electron chi connectivity index (χ1n) is 3.58. The minimum absolute atomic E-state index is 0. The van der Waals surface area contributed by atoms with Crippen LogP contribution < -0.4 is 46.8 Å². The number of aliphatic carboxylic acids is 1. The number of hydrogen-bond donors (Lipinski definition) is 4. The third-order valence-electron chi connectivity index (χ3n) is 1.28. The zero-order chi connectivity index (χ0) is 9.56. The van der Waals surface area contributed by atoms with Crippen molar-refractivity contribution in [2.75, 3.05) is 6.54 Å². The second kappa shape index (κ2) is 8.31. The van der Waals surface area contributed by atoms with E-state index < -0.39 is 12.0 Å². The molecule has 0 aromatic heterocycles. The molecule has 0 fully saturated rings.